The van der Waals surface area contributed by atoms with Gasteiger partial charge in [-0.1, -0.05) is 170 Å². The molecule has 288 valence electrons. The fraction of sp³-hybridized carbons (Fsp3) is 0.161. The standard InChI is InChI=1S/C56H49N3/c1-36-18-11-13-24-44(36)46-32-30-40(34-38(46)3)53-57-54(41-31-33-47(39(4)35-41)45-25-14-12-19-37(45)2)59-55(58-53)49-27-17-29-51-52(49)48-26-15-16-28-50(48)56(51,42-20-7-5-8-21-42)43-22-9-6-10-23-43/h5-13,15-24,26-35,54-55,59H,14,25H2,1-4H3,(H,57,58). The van der Waals surface area contributed by atoms with Gasteiger partial charge < -0.3 is 5.32 Å². The molecule has 1 heterocycles. The van der Waals surface area contributed by atoms with Gasteiger partial charge in [-0.3, -0.25) is 5.32 Å². The lowest BCUT2D eigenvalue weighted by Gasteiger charge is -2.35. The second-order valence-electron chi connectivity index (χ2n) is 16.4. The maximum absolute atomic E-state index is 5.61. The van der Waals surface area contributed by atoms with Crippen LogP contribution in [0.3, 0.4) is 0 Å². The van der Waals surface area contributed by atoms with Gasteiger partial charge in [-0.15, -0.1) is 0 Å². The molecule has 0 spiro atoms. The monoisotopic (exact) mass is 763 g/mol. The first-order valence-corrected chi connectivity index (χ1v) is 21.0. The molecule has 2 atom stereocenters. The number of nitrogens with one attached hydrogen (secondary N) is 2. The normalized spacial score (nSPS) is 17.9. The quantitative estimate of drug-likeness (QED) is 0.170. The topological polar surface area (TPSA) is 36.4 Å². The third kappa shape index (κ3) is 6.20. The third-order valence-corrected chi connectivity index (χ3v) is 12.9. The summed E-state index contributed by atoms with van der Waals surface area (Å²) < 4.78 is 0. The number of aryl methyl sites for hydroxylation is 3. The minimum absolute atomic E-state index is 0.182. The highest BCUT2D eigenvalue weighted by molar-refractivity contribution is 6.00. The van der Waals surface area contributed by atoms with E-state index in [1.54, 1.807) is 0 Å². The number of allylic oxidation sites excluding steroid dienone is 4. The molecule has 0 amide bonds. The van der Waals surface area contributed by atoms with Gasteiger partial charge in [0.05, 0.1) is 5.41 Å². The Labute approximate surface area is 348 Å². The van der Waals surface area contributed by atoms with Crippen LogP contribution >= 0.6 is 0 Å². The number of hydrogen-bond donors (Lipinski definition) is 2. The smallest absolute Gasteiger partial charge is 0.131 e. The van der Waals surface area contributed by atoms with E-state index >= 15 is 0 Å². The number of fused-ring (bicyclic) bond motifs is 3. The second-order valence-corrected chi connectivity index (χ2v) is 16.4. The maximum Gasteiger partial charge on any atom is 0.131 e. The molecule has 59 heavy (non-hydrogen) atoms. The molecule has 0 bridgehead atoms. The summed E-state index contributed by atoms with van der Waals surface area (Å²) in [4.78, 5) is 5.61. The molecule has 2 unspecified atom stereocenters. The van der Waals surface area contributed by atoms with Crippen LogP contribution in [0.15, 0.2) is 187 Å². The van der Waals surface area contributed by atoms with Gasteiger partial charge in [0.1, 0.15) is 18.2 Å². The van der Waals surface area contributed by atoms with E-state index < -0.39 is 5.41 Å². The van der Waals surface area contributed by atoms with E-state index in [1.165, 1.54) is 89.0 Å². The second kappa shape index (κ2) is 15.0. The molecule has 3 heteroatoms. The molecule has 7 aromatic carbocycles. The molecule has 2 aliphatic carbocycles. The average molecular weight is 764 g/mol. The molecule has 0 radical (unpaired) electrons. The van der Waals surface area contributed by atoms with Gasteiger partial charge in [0.2, 0.25) is 0 Å². The summed E-state index contributed by atoms with van der Waals surface area (Å²) in [5, 5.41) is 7.91. The minimum Gasteiger partial charge on any atom is -0.350 e. The van der Waals surface area contributed by atoms with Crippen molar-refractivity contribution in [3.8, 4) is 22.3 Å². The van der Waals surface area contributed by atoms with Gasteiger partial charge in [-0.2, -0.15) is 0 Å². The summed E-state index contributed by atoms with van der Waals surface area (Å²) >= 11 is 0. The Morgan fingerprint density at radius 1 is 0.559 bits per heavy atom. The number of benzene rings is 7. The van der Waals surface area contributed by atoms with Crippen molar-refractivity contribution < 1.29 is 0 Å². The van der Waals surface area contributed by atoms with E-state index in [2.05, 4.69) is 214 Å². The molecule has 3 nitrogen and oxygen atoms in total. The zero-order valence-electron chi connectivity index (χ0n) is 34.3. The number of amidine groups is 1. The summed E-state index contributed by atoms with van der Waals surface area (Å²) in [5.41, 5.74) is 21.0. The molecule has 0 fully saturated rings. The van der Waals surface area contributed by atoms with Crippen LogP contribution in [-0.4, -0.2) is 5.84 Å². The fourth-order valence-corrected chi connectivity index (χ4v) is 10.1. The predicted molar refractivity (Wildman–Crippen MR) is 246 cm³/mol. The summed E-state index contributed by atoms with van der Waals surface area (Å²) in [7, 11) is 0. The lowest BCUT2D eigenvalue weighted by atomic mass is 9.67. The van der Waals surface area contributed by atoms with Crippen LogP contribution in [0.25, 0.3) is 27.8 Å². The van der Waals surface area contributed by atoms with Crippen LogP contribution in [-0.2, 0) is 5.41 Å². The molecule has 0 saturated carbocycles. The molecule has 7 aromatic rings. The number of rotatable bonds is 7. The molecule has 3 aliphatic rings. The summed E-state index contributed by atoms with van der Waals surface area (Å²) in [6.45, 7) is 8.90. The van der Waals surface area contributed by atoms with Crippen molar-refractivity contribution in [2.45, 2.75) is 58.3 Å². The number of aliphatic imine (C=N–C) groups is 1. The van der Waals surface area contributed by atoms with Gasteiger partial charge >= 0.3 is 0 Å². The summed E-state index contributed by atoms with van der Waals surface area (Å²) in [5.74, 6) is 0.886. The lowest BCUT2D eigenvalue weighted by Crippen LogP contribution is -2.45. The van der Waals surface area contributed by atoms with Gasteiger partial charge in [-0.05, 0) is 136 Å². The van der Waals surface area contributed by atoms with Crippen molar-refractivity contribution in [2.24, 2.45) is 4.99 Å². The Bertz CT molecular complexity index is 2790. The lowest BCUT2D eigenvalue weighted by molar-refractivity contribution is 0.409. The molecule has 1 aliphatic heterocycles. The van der Waals surface area contributed by atoms with Crippen molar-refractivity contribution >= 4 is 11.4 Å². The molecule has 2 N–H and O–H groups in total. The maximum atomic E-state index is 5.61. The highest BCUT2D eigenvalue weighted by Gasteiger charge is 2.47. The van der Waals surface area contributed by atoms with E-state index in [0.717, 1.165) is 24.2 Å². The van der Waals surface area contributed by atoms with Crippen molar-refractivity contribution in [2.75, 3.05) is 0 Å². The van der Waals surface area contributed by atoms with Crippen LogP contribution in [0.4, 0.5) is 0 Å². The molecule has 0 saturated heterocycles. The third-order valence-electron chi connectivity index (χ3n) is 12.9. The van der Waals surface area contributed by atoms with E-state index in [9.17, 15) is 0 Å². The van der Waals surface area contributed by atoms with Crippen molar-refractivity contribution in [1.82, 2.24) is 10.6 Å². The Kier molecular flexibility index (Phi) is 9.34. The summed E-state index contributed by atoms with van der Waals surface area (Å²) in [6.07, 6.45) is 6.22. The van der Waals surface area contributed by atoms with Crippen molar-refractivity contribution in [1.29, 1.82) is 0 Å². The van der Waals surface area contributed by atoms with Crippen LogP contribution < -0.4 is 10.6 Å². The molecular weight excluding hydrogens is 715 g/mol. The fourth-order valence-electron chi connectivity index (χ4n) is 10.1. The Morgan fingerprint density at radius 3 is 1.92 bits per heavy atom. The Morgan fingerprint density at radius 2 is 1.20 bits per heavy atom. The highest BCUT2D eigenvalue weighted by atomic mass is 15.3. The average Bonchev–Trinajstić information content (AvgIpc) is 3.59. The van der Waals surface area contributed by atoms with E-state index in [-0.39, 0.29) is 12.3 Å². The van der Waals surface area contributed by atoms with E-state index in [1.807, 2.05) is 0 Å². The van der Waals surface area contributed by atoms with Gasteiger partial charge in [-0.25, -0.2) is 4.99 Å². The zero-order chi connectivity index (χ0) is 40.1. The van der Waals surface area contributed by atoms with E-state index in [4.69, 9.17) is 4.99 Å². The van der Waals surface area contributed by atoms with E-state index in [0.29, 0.717) is 0 Å². The van der Waals surface area contributed by atoms with Gasteiger partial charge in [0, 0.05) is 5.56 Å². The zero-order valence-corrected chi connectivity index (χ0v) is 34.3. The molecule has 10 rings (SSSR count). The number of nitrogens with zero attached hydrogens (tertiary/aromatic N) is 1. The van der Waals surface area contributed by atoms with Crippen LogP contribution in [0.1, 0.15) is 93.3 Å². The Balaban J connectivity index is 1.15. The first kappa shape index (κ1) is 36.8. The summed E-state index contributed by atoms with van der Waals surface area (Å²) in [6, 6.07) is 60.4. The van der Waals surface area contributed by atoms with Crippen molar-refractivity contribution in [3.63, 3.8) is 0 Å². The van der Waals surface area contributed by atoms with Crippen LogP contribution in [0.2, 0.25) is 0 Å². The van der Waals surface area contributed by atoms with Gasteiger partial charge in [0.15, 0.2) is 0 Å². The first-order valence-electron chi connectivity index (χ1n) is 21.0. The molecular formula is C56H49N3. The van der Waals surface area contributed by atoms with Crippen LogP contribution in [0.5, 0.6) is 0 Å². The van der Waals surface area contributed by atoms with Crippen molar-refractivity contribution in [3.05, 3.63) is 243 Å². The van der Waals surface area contributed by atoms with Crippen LogP contribution in [0, 0.1) is 20.8 Å². The molecule has 0 aromatic heterocycles. The predicted octanol–water partition coefficient (Wildman–Crippen LogP) is 13.1. The first-order chi connectivity index (χ1) is 28.9. The minimum atomic E-state index is -0.486. The highest BCUT2D eigenvalue weighted by Crippen LogP contribution is 2.57. The SMILES string of the molecule is CC1=C(c2ccc(C3NC(c4ccc(-c5ccccc5C)c(C)c4)=NC(c4cccc5c4-c4ccccc4C5(c4ccccc4)c4ccccc4)N3)cc2C)CCC=C1. The van der Waals surface area contributed by atoms with Gasteiger partial charge in [0.25, 0.3) is 0 Å². The Hall–Kier alpha value is -6.55. The number of hydrogen-bond acceptors (Lipinski definition) is 3. The largest absolute Gasteiger partial charge is 0.350 e.